The molecule has 7 nitrogen and oxygen atoms in total. The lowest BCUT2D eigenvalue weighted by Crippen LogP contribution is -2.28. The van der Waals surface area contributed by atoms with Crippen molar-refractivity contribution < 1.29 is 14.3 Å². The molecular weight excluding hydrogens is 368 g/mol. The molecule has 2 N–H and O–H groups in total. The first-order valence-electron chi connectivity index (χ1n) is 8.44. The van der Waals surface area contributed by atoms with E-state index in [9.17, 15) is 9.59 Å². The van der Waals surface area contributed by atoms with E-state index >= 15 is 0 Å². The third-order valence-corrected chi connectivity index (χ3v) is 4.87. The summed E-state index contributed by atoms with van der Waals surface area (Å²) in [4.78, 5) is 33.9. The van der Waals surface area contributed by atoms with E-state index in [-0.39, 0.29) is 24.8 Å². The number of carbonyl (C=O) groups excluding carboxylic acids is 2. The maximum absolute atomic E-state index is 12.6. The van der Waals surface area contributed by atoms with Gasteiger partial charge in [0, 0.05) is 18.7 Å². The van der Waals surface area contributed by atoms with Crippen molar-refractivity contribution in [2.45, 2.75) is 6.42 Å². The molecule has 0 bridgehead atoms. The average molecular weight is 385 g/mol. The van der Waals surface area contributed by atoms with Crippen LogP contribution in [0.25, 0.3) is 11.0 Å². The zero-order valence-corrected chi connectivity index (χ0v) is 15.3. The van der Waals surface area contributed by atoms with E-state index in [0.29, 0.717) is 22.4 Å². The van der Waals surface area contributed by atoms with Gasteiger partial charge in [0.15, 0.2) is 0 Å². The third kappa shape index (κ3) is 3.33. The standard InChI is InChI=1S/C19H17ClN4O3/c1-27-16-7-6-12(9-13(16)20)24-10-11(8-17(24)25)18(26)23-19-21-14-4-2-3-5-15(14)22-19/h2-7,9,11H,8,10H2,1H3,(H2,21,22,23,26)/t11-/m1/s1. The molecule has 1 saturated heterocycles. The Bertz CT molecular complexity index is 1000. The number of halogens is 1. The number of methoxy groups -OCH3 is 1. The lowest BCUT2D eigenvalue weighted by atomic mass is 10.1. The molecule has 0 saturated carbocycles. The molecule has 2 heterocycles. The minimum Gasteiger partial charge on any atom is -0.495 e. The second-order valence-electron chi connectivity index (χ2n) is 6.32. The molecule has 0 unspecified atom stereocenters. The lowest BCUT2D eigenvalue weighted by Gasteiger charge is -2.17. The number of fused-ring (bicyclic) bond motifs is 1. The molecule has 0 radical (unpaired) electrons. The normalized spacial score (nSPS) is 16.7. The summed E-state index contributed by atoms with van der Waals surface area (Å²) in [6.07, 6.45) is 0.135. The van der Waals surface area contributed by atoms with Crippen LogP contribution < -0.4 is 15.0 Å². The molecule has 3 aromatic rings. The summed E-state index contributed by atoms with van der Waals surface area (Å²) in [5, 5.41) is 3.18. The van der Waals surface area contributed by atoms with Gasteiger partial charge in [-0.2, -0.15) is 0 Å². The Kier molecular flexibility index (Phi) is 4.45. The predicted molar refractivity (Wildman–Crippen MR) is 103 cm³/mol. The predicted octanol–water partition coefficient (Wildman–Crippen LogP) is 3.22. The molecule has 2 amide bonds. The van der Waals surface area contributed by atoms with Gasteiger partial charge >= 0.3 is 0 Å². The number of aromatic amines is 1. The van der Waals surface area contributed by atoms with Crippen molar-refractivity contribution in [3.8, 4) is 5.75 Å². The van der Waals surface area contributed by atoms with Crippen molar-refractivity contribution in [1.82, 2.24) is 9.97 Å². The van der Waals surface area contributed by atoms with Gasteiger partial charge in [-0.1, -0.05) is 23.7 Å². The van der Waals surface area contributed by atoms with Gasteiger partial charge in [0.05, 0.1) is 29.1 Å². The lowest BCUT2D eigenvalue weighted by molar-refractivity contribution is -0.122. The van der Waals surface area contributed by atoms with Crippen LogP contribution in [-0.2, 0) is 9.59 Å². The molecule has 1 aliphatic rings. The first-order chi connectivity index (χ1) is 13.0. The minimum atomic E-state index is -0.466. The van der Waals surface area contributed by atoms with Crippen molar-refractivity contribution in [2.75, 3.05) is 23.9 Å². The fraction of sp³-hybridized carbons (Fsp3) is 0.211. The zero-order valence-electron chi connectivity index (χ0n) is 14.5. The van der Waals surface area contributed by atoms with E-state index < -0.39 is 5.92 Å². The molecule has 8 heteroatoms. The summed E-state index contributed by atoms with van der Waals surface area (Å²) < 4.78 is 5.13. The Balaban J connectivity index is 1.48. The maximum Gasteiger partial charge on any atom is 0.232 e. The summed E-state index contributed by atoms with van der Waals surface area (Å²) in [5.74, 6) is 0.0722. The van der Waals surface area contributed by atoms with Crippen LogP contribution in [0.4, 0.5) is 11.6 Å². The summed E-state index contributed by atoms with van der Waals surface area (Å²) >= 11 is 6.15. The highest BCUT2D eigenvalue weighted by Gasteiger charge is 2.35. The van der Waals surface area contributed by atoms with Crippen molar-refractivity contribution in [1.29, 1.82) is 0 Å². The number of benzene rings is 2. The van der Waals surface area contributed by atoms with Gasteiger partial charge in [0.1, 0.15) is 5.75 Å². The minimum absolute atomic E-state index is 0.124. The summed E-state index contributed by atoms with van der Waals surface area (Å²) in [7, 11) is 1.53. The zero-order chi connectivity index (χ0) is 19.0. The highest BCUT2D eigenvalue weighted by atomic mass is 35.5. The van der Waals surface area contributed by atoms with Gasteiger partial charge < -0.3 is 14.6 Å². The van der Waals surface area contributed by atoms with E-state index in [1.165, 1.54) is 7.11 Å². The molecule has 2 aromatic carbocycles. The largest absolute Gasteiger partial charge is 0.495 e. The number of nitrogens with zero attached hydrogens (tertiary/aromatic N) is 2. The molecule has 4 rings (SSSR count). The number of aromatic nitrogens is 2. The highest BCUT2D eigenvalue weighted by Crippen LogP contribution is 2.32. The third-order valence-electron chi connectivity index (χ3n) is 4.57. The number of hydrogen-bond donors (Lipinski definition) is 2. The van der Waals surface area contributed by atoms with Gasteiger partial charge in [0.2, 0.25) is 17.8 Å². The smallest absolute Gasteiger partial charge is 0.232 e. The van der Waals surface area contributed by atoms with E-state index in [1.54, 1.807) is 23.1 Å². The van der Waals surface area contributed by atoms with Gasteiger partial charge in [0.25, 0.3) is 0 Å². The summed E-state index contributed by atoms with van der Waals surface area (Å²) in [5.41, 5.74) is 2.25. The van der Waals surface area contributed by atoms with Gasteiger partial charge in [-0.25, -0.2) is 4.98 Å². The maximum atomic E-state index is 12.6. The fourth-order valence-corrected chi connectivity index (χ4v) is 3.44. The number of ether oxygens (including phenoxy) is 1. The van der Waals surface area contributed by atoms with E-state index in [2.05, 4.69) is 15.3 Å². The SMILES string of the molecule is COc1ccc(N2C[C@H](C(=O)Nc3nc4ccccc4[nH]3)CC2=O)cc1Cl. The fourth-order valence-electron chi connectivity index (χ4n) is 3.19. The molecule has 1 aliphatic heterocycles. The molecule has 0 aliphatic carbocycles. The van der Waals surface area contributed by atoms with Crippen LogP contribution in [0.1, 0.15) is 6.42 Å². The summed E-state index contributed by atoms with van der Waals surface area (Å²) in [6, 6.07) is 12.6. The monoisotopic (exact) mass is 384 g/mol. The van der Waals surface area contributed by atoms with Crippen LogP contribution in [-0.4, -0.2) is 35.4 Å². The van der Waals surface area contributed by atoms with E-state index in [4.69, 9.17) is 16.3 Å². The van der Waals surface area contributed by atoms with Gasteiger partial charge in [-0.3, -0.25) is 14.9 Å². The Morgan fingerprint density at radius 2 is 2.15 bits per heavy atom. The van der Waals surface area contributed by atoms with Crippen LogP contribution in [0.2, 0.25) is 5.02 Å². The Morgan fingerprint density at radius 1 is 1.33 bits per heavy atom. The van der Waals surface area contributed by atoms with Crippen molar-refractivity contribution in [3.05, 3.63) is 47.5 Å². The van der Waals surface area contributed by atoms with E-state index in [1.807, 2.05) is 24.3 Å². The number of carbonyl (C=O) groups is 2. The van der Waals surface area contributed by atoms with Crippen molar-refractivity contribution in [2.24, 2.45) is 5.92 Å². The molecule has 0 spiro atoms. The van der Waals surface area contributed by atoms with Crippen LogP contribution in [0.5, 0.6) is 5.75 Å². The number of hydrogen-bond acceptors (Lipinski definition) is 4. The van der Waals surface area contributed by atoms with Crippen LogP contribution in [0, 0.1) is 5.92 Å². The molecule has 1 aromatic heterocycles. The van der Waals surface area contributed by atoms with Crippen molar-refractivity contribution >= 4 is 46.1 Å². The number of rotatable bonds is 4. The molecule has 1 fully saturated rings. The number of anilines is 2. The Morgan fingerprint density at radius 3 is 2.89 bits per heavy atom. The first-order valence-corrected chi connectivity index (χ1v) is 8.82. The second-order valence-corrected chi connectivity index (χ2v) is 6.72. The van der Waals surface area contributed by atoms with Crippen LogP contribution in [0.15, 0.2) is 42.5 Å². The second kappa shape index (κ2) is 6.92. The number of imidazole rings is 1. The molecular formula is C19H17ClN4O3. The van der Waals surface area contributed by atoms with Crippen molar-refractivity contribution in [3.63, 3.8) is 0 Å². The Hall–Kier alpha value is -3.06. The van der Waals surface area contributed by atoms with Gasteiger partial charge in [-0.15, -0.1) is 0 Å². The number of H-pyrrole nitrogens is 1. The average Bonchev–Trinajstić information content (AvgIpc) is 3.24. The topological polar surface area (TPSA) is 87.3 Å². The van der Waals surface area contributed by atoms with Gasteiger partial charge in [-0.05, 0) is 30.3 Å². The first kappa shape index (κ1) is 17.4. The quantitative estimate of drug-likeness (QED) is 0.723. The molecule has 27 heavy (non-hydrogen) atoms. The number of nitrogens with one attached hydrogen (secondary N) is 2. The molecule has 138 valence electrons. The van der Waals surface area contributed by atoms with Crippen LogP contribution in [0.3, 0.4) is 0 Å². The Labute approximate surface area is 160 Å². The molecule has 1 atom stereocenters. The number of amides is 2. The van der Waals surface area contributed by atoms with Crippen LogP contribution >= 0.6 is 11.6 Å². The number of para-hydroxylation sites is 2. The highest BCUT2D eigenvalue weighted by molar-refractivity contribution is 6.32. The summed E-state index contributed by atoms with van der Waals surface area (Å²) in [6.45, 7) is 0.285. The van der Waals surface area contributed by atoms with E-state index in [0.717, 1.165) is 11.0 Å².